The van der Waals surface area contributed by atoms with Gasteiger partial charge in [0, 0.05) is 16.5 Å². The van der Waals surface area contributed by atoms with Gasteiger partial charge in [-0.1, -0.05) is 22.9 Å². The fourth-order valence-corrected chi connectivity index (χ4v) is 1.83. The van der Waals surface area contributed by atoms with Crippen LogP contribution < -0.4 is 4.74 Å². The van der Waals surface area contributed by atoms with E-state index in [1.54, 1.807) is 20.1 Å². The Labute approximate surface area is 104 Å². The molecule has 0 bridgehead atoms. The van der Waals surface area contributed by atoms with E-state index in [0.29, 0.717) is 12.2 Å². The molecule has 1 unspecified atom stereocenters. The Morgan fingerprint density at radius 2 is 2.25 bits per heavy atom. The van der Waals surface area contributed by atoms with Gasteiger partial charge in [-0.15, -0.1) is 0 Å². The number of ketones is 1. The van der Waals surface area contributed by atoms with Crippen LogP contribution in [0.1, 0.15) is 18.9 Å². The summed E-state index contributed by atoms with van der Waals surface area (Å²) >= 11 is 3.34. The Balaban J connectivity index is 2.87. The van der Waals surface area contributed by atoms with Gasteiger partial charge in [-0.3, -0.25) is 4.79 Å². The van der Waals surface area contributed by atoms with E-state index in [1.807, 2.05) is 12.1 Å². The fourth-order valence-electron chi connectivity index (χ4n) is 1.42. The molecule has 4 heteroatoms. The zero-order chi connectivity index (χ0) is 12.1. The van der Waals surface area contributed by atoms with Crippen LogP contribution in [0.3, 0.4) is 0 Å². The number of aliphatic hydroxyl groups is 1. The average molecular weight is 287 g/mol. The Kier molecular flexibility index (Phi) is 4.96. The molecule has 0 aliphatic rings. The smallest absolute Gasteiger partial charge is 0.165 e. The molecule has 0 aliphatic heterocycles. The Morgan fingerprint density at radius 3 is 2.81 bits per heavy atom. The molecule has 0 saturated carbocycles. The van der Waals surface area contributed by atoms with E-state index in [-0.39, 0.29) is 12.2 Å². The van der Waals surface area contributed by atoms with Crippen molar-refractivity contribution in [3.05, 3.63) is 28.2 Å². The van der Waals surface area contributed by atoms with Crippen molar-refractivity contribution in [3.8, 4) is 5.75 Å². The fraction of sp³-hybridized carbons (Fsp3) is 0.417. The van der Waals surface area contributed by atoms with E-state index < -0.39 is 6.10 Å². The minimum atomic E-state index is -0.885. The van der Waals surface area contributed by atoms with Gasteiger partial charge in [-0.25, -0.2) is 0 Å². The number of hydrogen-bond acceptors (Lipinski definition) is 3. The molecule has 0 radical (unpaired) electrons. The van der Waals surface area contributed by atoms with Crippen molar-refractivity contribution >= 4 is 21.7 Å². The molecule has 0 aromatic heterocycles. The van der Waals surface area contributed by atoms with E-state index in [4.69, 9.17) is 4.74 Å². The lowest BCUT2D eigenvalue weighted by atomic mass is 10.0. The van der Waals surface area contributed by atoms with Crippen LogP contribution in [0, 0.1) is 0 Å². The predicted octanol–water partition coefficient (Wildman–Crippen LogP) is 2.34. The number of halogens is 1. The predicted molar refractivity (Wildman–Crippen MR) is 65.7 cm³/mol. The van der Waals surface area contributed by atoms with Crippen LogP contribution in [0.15, 0.2) is 22.7 Å². The van der Waals surface area contributed by atoms with Crippen molar-refractivity contribution in [3.63, 3.8) is 0 Å². The third-order valence-corrected chi connectivity index (χ3v) is 2.86. The first kappa shape index (κ1) is 13.2. The zero-order valence-corrected chi connectivity index (χ0v) is 11.0. The van der Waals surface area contributed by atoms with E-state index >= 15 is 0 Å². The first-order valence-electron chi connectivity index (χ1n) is 5.11. The molecule has 1 rings (SSSR count). The number of carbonyl (C=O) groups is 1. The van der Waals surface area contributed by atoms with Crippen molar-refractivity contribution in [1.29, 1.82) is 0 Å². The molecule has 1 aromatic rings. The van der Waals surface area contributed by atoms with E-state index in [1.165, 1.54) is 0 Å². The van der Waals surface area contributed by atoms with E-state index in [9.17, 15) is 9.90 Å². The number of Topliss-reactive ketones (excluding diaryl/α,β-unsaturated/α-hetero) is 1. The number of carbonyl (C=O) groups excluding carboxylic acids is 1. The monoisotopic (exact) mass is 286 g/mol. The van der Waals surface area contributed by atoms with Gasteiger partial charge < -0.3 is 9.84 Å². The summed E-state index contributed by atoms with van der Waals surface area (Å²) in [5.41, 5.74) is 0.786. The van der Waals surface area contributed by atoms with Gasteiger partial charge in [0.25, 0.3) is 0 Å². The van der Waals surface area contributed by atoms with Gasteiger partial charge in [0.2, 0.25) is 0 Å². The largest absolute Gasteiger partial charge is 0.496 e. The maximum absolute atomic E-state index is 11.6. The topological polar surface area (TPSA) is 46.5 Å². The van der Waals surface area contributed by atoms with Crippen LogP contribution in [-0.2, 0) is 11.2 Å². The SMILES string of the molecule is CCC(O)C(=O)Cc1cc(Br)ccc1OC. The van der Waals surface area contributed by atoms with E-state index in [0.717, 1.165) is 10.0 Å². The molecule has 0 spiro atoms. The lowest BCUT2D eigenvalue weighted by Gasteiger charge is -2.10. The second-order valence-corrected chi connectivity index (χ2v) is 4.44. The first-order valence-corrected chi connectivity index (χ1v) is 5.91. The molecule has 1 N–H and O–H groups in total. The number of methoxy groups -OCH3 is 1. The number of ether oxygens (including phenoxy) is 1. The summed E-state index contributed by atoms with van der Waals surface area (Å²) in [6.45, 7) is 1.78. The van der Waals surface area contributed by atoms with Crippen LogP contribution in [-0.4, -0.2) is 24.1 Å². The maximum Gasteiger partial charge on any atom is 0.165 e. The second kappa shape index (κ2) is 6.01. The van der Waals surface area contributed by atoms with Gasteiger partial charge in [0.05, 0.1) is 7.11 Å². The van der Waals surface area contributed by atoms with Gasteiger partial charge in [-0.05, 0) is 24.6 Å². The molecular formula is C12H15BrO3. The van der Waals surface area contributed by atoms with Crippen molar-refractivity contribution in [2.24, 2.45) is 0 Å². The molecule has 0 fully saturated rings. The van der Waals surface area contributed by atoms with Gasteiger partial charge in [0.15, 0.2) is 5.78 Å². The second-order valence-electron chi connectivity index (χ2n) is 3.52. The third-order valence-electron chi connectivity index (χ3n) is 2.37. The average Bonchev–Trinajstić information content (AvgIpc) is 2.28. The summed E-state index contributed by atoms with van der Waals surface area (Å²) in [5, 5.41) is 9.42. The van der Waals surface area contributed by atoms with Crippen LogP contribution in [0.25, 0.3) is 0 Å². The quantitative estimate of drug-likeness (QED) is 0.904. The van der Waals surface area contributed by atoms with Gasteiger partial charge in [0.1, 0.15) is 11.9 Å². The highest BCUT2D eigenvalue weighted by molar-refractivity contribution is 9.10. The molecular weight excluding hydrogens is 272 g/mol. The molecule has 3 nitrogen and oxygen atoms in total. The van der Waals surface area contributed by atoms with Gasteiger partial charge in [-0.2, -0.15) is 0 Å². The molecule has 0 saturated heterocycles. The minimum Gasteiger partial charge on any atom is -0.496 e. The van der Waals surface area contributed by atoms with Crippen molar-refractivity contribution in [1.82, 2.24) is 0 Å². The van der Waals surface area contributed by atoms with E-state index in [2.05, 4.69) is 15.9 Å². The summed E-state index contributed by atoms with van der Waals surface area (Å²) in [6.07, 6.45) is -0.254. The van der Waals surface area contributed by atoms with Crippen molar-refractivity contribution < 1.29 is 14.6 Å². The van der Waals surface area contributed by atoms with Crippen LogP contribution in [0.4, 0.5) is 0 Å². The Morgan fingerprint density at radius 1 is 1.56 bits per heavy atom. The van der Waals surface area contributed by atoms with Crippen LogP contribution in [0.5, 0.6) is 5.75 Å². The molecule has 0 aliphatic carbocycles. The summed E-state index contributed by atoms with van der Waals surface area (Å²) < 4.78 is 6.05. The highest BCUT2D eigenvalue weighted by atomic mass is 79.9. The molecule has 88 valence electrons. The number of aliphatic hydroxyl groups excluding tert-OH is 1. The molecule has 0 amide bonds. The lowest BCUT2D eigenvalue weighted by molar-refractivity contribution is -0.126. The third kappa shape index (κ3) is 3.32. The number of rotatable bonds is 5. The molecule has 1 aromatic carbocycles. The number of hydrogen-bond donors (Lipinski definition) is 1. The van der Waals surface area contributed by atoms with Crippen LogP contribution in [0.2, 0.25) is 0 Å². The standard InChI is InChI=1S/C12H15BrO3/c1-3-10(14)11(15)7-8-6-9(13)4-5-12(8)16-2/h4-6,10,14H,3,7H2,1-2H3. The van der Waals surface area contributed by atoms with Crippen molar-refractivity contribution in [2.45, 2.75) is 25.9 Å². The first-order chi connectivity index (χ1) is 7.58. The summed E-state index contributed by atoms with van der Waals surface area (Å²) in [4.78, 5) is 11.6. The summed E-state index contributed by atoms with van der Waals surface area (Å²) in [6, 6.07) is 5.48. The van der Waals surface area contributed by atoms with Crippen LogP contribution >= 0.6 is 15.9 Å². The lowest BCUT2D eigenvalue weighted by Crippen LogP contribution is -2.21. The highest BCUT2D eigenvalue weighted by Crippen LogP contribution is 2.23. The zero-order valence-electron chi connectivity index (χ0n) is 9.37. The van der Waals surface area contributed by atoms with Crippen molar-refractivity contribution in [2.75, 3.05) is 7.11 Å². The maximum atomic E-state index is 11.6. The number of benzene rings is 1. The normalized spacial score (nSPS) is 12.2. The molecule has 1 atom stereocenters. The summed E-state index contributed by atoms with van der Waals surface area (Å²) in [5.74, 6) is 0.485. The Bertz CT molecular complexity index is 377. The molecule has 16 heavy (non-hydrogen) atoms. The molecule has 0 heterocycles. The minimum absolute atomic E-state index is 0.182. The van der Waals surface area contributed by atoms with Gasteiger partial charge >= 0.3 is 0 Å². The summed E-state index contributed by atoms with van der Waals surface area (Å²) in [7, 11) is 1.56. The Hall–Kier alpha value is -0.870. The highest BCUT2D eigenvalue weighted by Gasteiger charge is 2.15.